The normalized spacial score (nSPS) is 16.4. The molecule has 4 rings (SSSR count). The van der Waals surface area contributed by atoms with Gasteiger partial charge in [0.1, 0.15) is 18.2 Å². The van der Waals surface area contributed by atoms with Crippen molar-refractivity contribution in [1.29, 1.82) is 0 Å². The van der Waals surface area contributed by atoms with Crippen molar-refractivity contribution in [3.63, 3.8) is 0 Å². The predicted octanol–water partition coefficient (Wildman–Crippen LogP) is 6.68. The van der Waals surface area contributed by atoms with Crippen molar-refractivity contribution in [3.05, 3.63) is 59.9 Å². The summed E-state index contributed by atoms with van der Waals surface area (Å²) in [4.78, 5) is 5.01. The number of fused-ring (bicyclic) bond motifs is 1. The first-order valence-corrected chi connectivity index (χ1v) is 10.9. The second-order valence-electron chi connectivity index (χ2n) is 8.17. The highest BCUT2D eigenvalue weighted by atomic mass is 16.5. The van der Waals surface area contributed by atoms with Crippen LogP contribution in [0, 0.1) is 0 Å². The van der Waals surface area contributed by atoms with Crippen LogP contribution < -0.4 is 4.74 Å². The molecule has 3 heteroatoms. The maximum absolute atomic E-state index is 6.09. The van der Waals surface area contributed by atoms with Gasteiger partial charge in [0, 0.05) is 5.92 Å². The molecule has 1 aliphatic rings. The first-order valence-electron chi connectivity index (χ1n) is 10.9. The zero-order chi connectivity index (χ0) is 19.3. The van der Waals surface area contributed by atoms with Crippen LogP contribution in [0.5, 0.6) is 5.75 Å². The first-order chi connectivity index (χ1) is 13.8. The van der Waals surface area contributed by atoms with E-state index in [9.17, 15) is 0 Å². The van der Waals surface area contributed by atoms with E-state index in [1.165, 1.54) is 49.0 Å². The van der Waals surface area contributed by atoms with Crippen LogP contribution >= 0.6 is 0 Å². The molecule has 1 atom stereocenters. The van der Waals surface area contributed by atoms with Gasteiger partial charge in [-0.3, -0.25) is 0 Å². The molecule has 1 aromatic heterocycles. The van der Waals surface area contributed by atoms with E-state index >= 15 is 0 Å². The Hall–Kier alpha value is -2.29. The van der Waals surface area contributed by atoms with Crippen molar-refractivity contribution in [2.45, 2.75) is 70.8 Å². The van der Waals surface area contributed by atoms with E-state index in [1.807, 2.05) is 0 Å². The molecule has 28 heavy (non-hydrogen) atoms. The minimum absolute atomic E-state index is 0.593. The van der Waals surface area contributed by atoms with Crippen LogP contribution in [0.15, 0.2) is 48.5 Å². The zero-order valence-electron chi connectivity index (χ0n) is 17.2. The third kappa shape index (κ3) is 4.09. The molecule has 3 nitrogen and oxygen atoms in total. The van der Waals surface area contributed by atoms with Gasteiger partial charge in [0.15, 0.2) is 0 Å². The average molecular weight is 377 g/mol. The van der Waals surface area contributed by atoms with E-state index in [1.54, 1.807) is 0 Å². The summed E-state index contributed by atoms with van der Waals surface area (Å²) in [6.45, 7) is 6.02. The SMILES string of the molecule is CCC(C)c1ccc(OCCn2c(C3CCCCC3)nc3ccccc32)cc1. The number of rotatable bonds is 7. The van der Waals surface area contributed by atoms with E-state index in [2.05, 4.69) is 66.9 Å². The third-order valence-electron chi connectivity index (χ3n) is 6.30. The van der Waals surface area contributed by atoms with E-state index < -0.39 is 0 Å². The smallest absolute Gasteiger partial charge is 0.119 e. The summed E-state index contributed by atoms with van der Waals surface area (Å²) in [6, 6.07) is 17.1. The molecule has 1 unspecified atom stereocenters. The highest BCUT2D eigenvalue weighted by Crippen LogP contribution is 2.34. The molecule has 0 aliphatic heterocycles. The predicted molar refractivity (Wildman–Crippen MR) is 116 cm³/mol. The molecule has 0 N–H and O–H groups in total. The molecule has 148 valence electrons. The van der Waals surface area contributed by atoms with Crippen LogP contribution in [-0.2, 0) is 6.54 Å². The van der Waals surface area contributed by atoms with Crippen LogP contribution in [0.25, 0.3) is 11.0 Å². The van der Waals surface area contributed by atoms with E-state index in [0.717, 1.165) is 24.2 Å². The largest absolute Gasteiger partial charge is 0.492 e. The fourth-order valence-corrected chi connectivity index (χ4v) is 4.38. The van der Waals surface area contributed by atoms with Crippen LogP contribution in [0.4, 0.5) is 0 Å². The Morgan fingerprint density at radius 1 is 1.04 bits per heavy atom. The maximum atomic E-state index is 6.09. The van der Waals surface area contributed by atoms with Gasteiger partial charge in [-0.15, -0.1) is 0 Å². The summed E-state index contributed by atoms with van der Waals surface area (Å²) in [5, 5.41) is 0. The third-order valence-corrected chi connectivity index (χ3v) is 6.30. The highest BCUT2D eigenvalue weighted by molar-refractivity contribution is 5.76. The Labute approximate surface area is 168 Å². The van der Waals surface area contributed by atoms with Crippen molar-refractivity contribution >= 4 is 11.0 Å². The van der Waals surface area contributed by atoms with Crippen LogP contribution in [0.2, 0.25) is 0 Å². The Balaban J connectivity index is 1.48. The molecular weight excluding hydrogens is 344 g/mol. The van der Waals surface area contributed by atoms with E-state index in [-0.39, 0.29) is 0 Å². The van der Waals surface area contributed by atoms with Gasteiger partial charge in [-0.05, 0) is 55.0 Å². The minimum atomic E-state index is 0.593. The number of benzene rings is 2. The zero-order valence-corrected chi connectivity index (χ0v) is 17.2. The van der Waals surface area contributed by atoms with E-state index in [0.29, 0.717) is 18.4 Å². The van der Waals surface area contributed by atoms with Gasteiger partial charge in [0.25, 0.3) is 0 Å². The Morgan fingerprint density at radius 3 is 2.54 bits per heavy atom. The standard InChI is InChI=1S/C25H32N2O/c1-3-19(2)20-13-15-22(16-14-20)28-18-17-27-24-12-8-7-11-23(24)26-25(27)21-9-5-4-6-10-21/h7-8,11-16,19,21H,3-6,9-10,17-18H2,1-2H3. The van der Waals surface area contributed by atoms with Crippen molar-refractivity contribution in [3.8, 4) is 5.75 Å². The van der Waals surface area contributed by atoms with Crippen LogP contribution in [0.1, 0.15) is 75.6 Å². The van der Waals surface area contributed by atoms with Crippen LogP contribution in [0.3, 0.4) is 0 Å². The molecule has 0 bridgehead atoms. The number of ether oxygens (including phenoxy) is 1. The average Bonchev–Trinajstić information content (AvgIpc) is 3.13. The number of hydrogen-bond acceptors (Lipinski definition) is 2. The maximum Gasteiger partial charge on any atom is 0.119 e. The number of imidazole rings is 1. The van der Waals surface area contributed by atoms with Crippen molar-refractivity contribution < 1.29 is 4.74 Å². The fourth-order valence-electron chi connectivity index (χ4n) is 4.38. The lowest BCUT2D eigenvalue weighted by Gasteiger charge is -2.22. The Bertz CT molecular complexity index is 891. The number of aromatic nitrogens is 2. The monoisotopic (exact) mass is 376 g/mol. The van der Waals surface area contributed by atoms with Gasteiger partial charge in [-0.2, -0.15) is 0 Å². The molecule has 0 radical (unpaired) electrons. The molecule has 1 aliphatic carbocycles. The van der Waals surface area contributed by atoms with Crippen molar-refractivity contribution in [2.75, 3.05) is 6.61 Å². The first kappa shape index (κ1) is 19.0. The lowest BCUT2D eigenvalue weighted by Crippen LogP contribution is -2.15. The number of nitrogens with zero attached hydrogens (tertiary/aromatic N) is 2. The summed E-state index contributed by atoms with van der Waals surface area (Å²) in [6.07, 6.45) is 7.71. The fraction of sp³-hybridized carbons (Fsp3) is 0.480. The lowest BCUT2D eigenvalue weighted by atomic mass is 9.88. The van der Waals surface area contributed by atoms with Crippen molar-refractivity contribution in [1.82, 2.24) is 9.55 Å². The molecule has 1 fully saturated rings. The number of para-hydroxylation sites is 2. The molecule has 0 saturated heterocycles. The molecule has 1 heterocycles. The molecule has 1 saturated carbocycles. The quantitative estimate of drug-likeness (QED) is 0.460. The minimum Gasteiger partial charge on any atom is -0.492 e. The van der Waals surface area contributed by atoms with Gasteiger partial charge < -0.3 is 9.30 Å². The molecule has 2 aromatic carbocycles. The summed E-state index contributed by atoms with van der Waals surface area (Å²) in [5.41, 5.74) is 3.73. The summed E-state index contributed by atoms with van der Waals surface area (Å²) < 4.78 is 8.49. The molecule has 0 amide bonds. The number of hydrogen-bond donors (Lipinski definition) is 0. The second-order valence-corrected chi connectivity index (χ2v) is 8.17. The Morgan fingerprint density at radius 2 is 1.79 bits per heavy atom. The topological polar surface area (TPSA) is 27.1 Å². The molecular formula is C25H32N2O. The second kappa shape index (κ2) is 8.81. The van der Waals surface area contributed by atoms with Gasteiger partial charge in [-0.25, -0.2) is 4.98 Å². The lowest BCUT2D eigenvalue weighted by molar-refractivity contribution is 0.294. The molecule has 0 spiro atoms. The van der Waals surface area contributed by atoms with Gasteiger partial charge >= 0.3 is 0 Å². The summed E-state index contributed by atoms with van der Waals surface area (Å²) >= 11 is 0. The summed E-state index contributed by atoms with van der Waals surface area (Å²) in [5.74, 6) is 3.41. The van der Waals surface area contributed by atoms with Gasteiger partial charge in [0.05, 0.1) is 17.6 Å². The molecule has 3 aromatic rings. The Kier molecular flexibility index (Phi) is 5.99. The van der Waals surface area contributed by atoms with E-state index in [4.69, 9.17) is 9.72 Å². The summed E-state index contributed by atoms with van der Waals surface area (Å²) in [7, 11) is 0. The van der Waals surface area contributed by atoms with Gasteiger partial charge in [0.2, 0.25) is 0 Å². The highest BCUT2D eigenvalue weighted by Gasteiger charge is 2.22. The van der Waals surface area contributed by atoms with Crippen molar-refractivity contribution in [2.24, 2.45) is 0 Å². The van der Waals surface area contributed by atoms with Gasteiger partial charge in [-0.1, -0.05) is 57.4 Å². The van der Waals surface area contributed by atoms with Crippen LogP contribution in [-0.4, -0.2) is 16.2 Å².